The summed E-state index contributed by atoms with van der Waals surface area (Å²) < 4.78 is 7.49. The number of ether oxygens (including phenoxy) is 1. The predicted octanol–water partition coefficient (Wildman–Crippen LogP) is 4.48. The highest BCUT2D eigenvalue weighted by molar-refractivity contribution is 6.30. The Morgan fingerprint density at radius 3 is 2.88 bits per heavy atom. The molecule has 0 fully saturated rings. The first kappa shape index (κ1) is 15.1. The number of para-hydroxylation sites is 1. The first-order chi connectivity index (χ1) is 11.7. The lowest BCUT2D eigenvalue weighted by Crippen LogP contribution is -2.05. The van der Waals surface area contributed by atoms with E-state index in [1.807, 2.05) is 41.1 Å². The molecule has 0 radical (unpaired) electrons. The first-order valence-electron chi connectivity index (χ1n) is 7.94. The summed E-state index contributed by atoms with van der Waals surface area (Å²) in [4.78, 5) is 0. The molecule has 0 saturated heterocycles. The minimum absolute atomic E-state index is 0.705. The number of nitrogens with one attached hydrogen (secondary N) is 1. The summed E-state index contributed by atoms with van der Waals surface area (Å²) in [5, 5.41) is 9.06. The monoisotopic (exact) mass is 339 g/mol. The van der Waals surface area contributed by atoms with Gasteiger partial charge in [0.2, 0.25) is 0 Å². The van der Waals surface area contributed by atoms with Crippen LogP contribution in [0.5, 0.6) is 5.75 Å². The van der Waals surface area contributed by atoms with E-state index in [-0.39, 0.29) is 0 Å². The fourth-order valence-electron chi connectivity index (χ4n) is 3.22. The Kier molecular flexibility index (Phi) is 3.69. The smallest absolute Gasteiger partial charge is 0.133 e. The van der Waals surface area contributed by atoms with Gasteiger partial charge in [0, 0.05) is 22.7 Å². The van der Waals surface area contributed by atoms with Crippen LogP contribution in [0.2, 0.25) is 5.02 Å². The van der Waals surface area contributed by atoms with Crippen LogP contribution in [0.15, 0.2) is 42.5 Å². The molecule has 5 heteroatoms. The summed E-state index contributed by atoms with van der Waals surface area (Å²) in [6.07, 6.45) is 0.947. The summed E-state index contributed by atoms with van der Waals surface area (Å²) >= 11 is 6.21. The van der Waals surface area contributed by atoms with Gasteiger partial charge >= 0.3 is 0 Å². The van der Waals surface area contributed by atoms with Gasteiger partial charge in [0.1, 0.15) is 17.3 Å². The molecule has 0 unspecified atom stereocenters. The van der Waals surface area contributed by atoms with Crippen LogP contribution in [-0.4, -0.2) is 23.4 Å². The minimum atomic E-state index is 0.705. The average molecular weight is 340 g/mol. The van der Waals surface area contributed by atoms with E-state index in [0.29, 0.717) is 5.02 Å². The number of methoxy groups -OCH3 is 1. The first-order valence-corrected chi connectivity index (χ1v) is 8.32. The van der Waals surface area contributed by atoms with E-state index in [2.05, 4.69) is 18.3 Å². The summed E-state index contributed by atoms with van der Waals surface area (Å²) in [5.74, 6) is 1.88. The molecule has 2 heterocycles. The third-order valence-corrected chi connectivity index (χ3v) is 4.65. The lowest BCUT2D eigenvalue weighted by atomic mass is 10.1. The average Bonchev–Trinajstić information content (AvgIpc) is 3.19. The number of nitrogens with zero attached hydrogens (tertiary/aromatic N) is 2. The number of benzene rings is 2. The SMILES string of the molecule is COc1ccccc1-c1nn(-c2cc(Cl)ccc2C)c2c1CCN2. The quantitative estimate of drug-likeness (QED) is 0.764. The van der Waals surface area contributed by atoms with E-state index in [4.69, 9.17) is 21.4 Å². The molecule has 1 aliphatic rings. The Morgan fingerprint density at radius 2 is 2.04 bits per heavy atom. The molecule has 24 heavy (non-hydrogen) atoms. The van der Waals surface area contributed by atoms with Crippen LogP contribution in [0.1, 0.15) is 11.1 Å². The third kappa shape index (κ3) is 2.34. The van der Waals surface area contributed by atoms with Crippen LogP contribution in [-0.2, 0) is 6.42 Å². The second kappa shape index (κ2) is 5.87. The van der Waals surface area contributed by atoms with Crippen molar-refractivity contribution in [1.29, 1.82) is 0 Å². The molecule has 1 aromatic heterocycles. The Labute approximate surface area is 146 Å². The van der Waals surface area contributed by atoms with Crippen molar-refractivity contribution in [2.24, 2.45) is 0 Å². The van der Waals surface area contributed by atoms with Gasteiger partial charge in [-0.2, -0.15) is 5.10 Å². The van der Waals surface area contributed by atoms with Gasteiger partial charge in [0.25, 0.3) is 0 Å². The highest BCUT2D eigenvalue weighted by atomic mass is 35.5. The van der Waals surface area contributed by atoms with Crippen LogP contribution in [0, 0.1) is 6.92 Å². The molecule has 2 aromatic carbocycles. The molecule has 1 aliphatic heterocycles. The van der Waals surface area contributed by atoms with Crippen molar-refractivity contribution >= 4 is 17.4 Å². The molecule has 0 aliphatic carbocycles. The highest BCUT2D eigenvalue weighted by Crippen LogP contribution is 2.38. The fourth-order valence-corrected chi connectivity index (χ4v) is 3.38. The minimum Gasteiger partial charge on any atom is -0.496 e. The summed E-state index contributed by atoms with van der Waals surface area (Å²) in [5.41, 5.74) is 5.32. The zero-order valence-corrected chi connectivity index (χ0v) is 14.4. The molecule has 0 spiro atoms. The fraction of sp³-hybridized carbons (Fsp3) is 0.211. The van der Waals surface area contributed by atoms with Crippen molar-refractivity contribution in [1.82, 2.24) is 9.78 Å². The van der Waals surface area contributed by atoms with Crippen molar-refractivity contribution in [3.63, 3.8) is 0 Å². The van der Waals surface area contributed by atoms with Crippen molar-refractivity contribution < 1.29 is 4.74 Å². The number of halogens is 1. The second-order valence-corrected chi connectivity index (χ2v) is 6.33. The van der Waals surface area contributed by atoms with Crippen molar-refractivity contribution in [3.8, 4) is 22.7 Å². The number of fused-ring (bicyclic) bond motifs is 1. The molecular weight excluding hydrogens is 322 g/mol. The molecule has 0 saturated carbocycles. The van der Waals surface area contributed by atoms with Crippen LogP contribution in [0.25, 0.3) is 16.9 Å². The van der Waals surface area contributed by atoms with Gasteiger partial charge in [-0.05, 0) is 43.2 Å². The zero-order chi connectivity index (χ0) is 16.7. The maximum atomic E-state index is 6.21. The topological polar surface area (TPSA) is 39.1 Å². The van der Waals surface area contributed by atoms with E-state index in [1.54, 1.807) is 7.11 Å². The van der Waals surface area contributed by atoms with Gasteiger partial charge in [-0.1, -0.05) is 29.8 Å². The molecule has 3 aromatic rings. The van der Waals surface area contributed by atoms with Gasteiger partial charge in [0.05, 0.1) is 12.8 Å². The Balaban J connectivity index is 1.94. The molecule has 0 atom stereocenters. The zero-order valence-electron chi connectivity index (χ0n) is 13.6. The van der Waals surface area contributed by atoms with Gasteiger partial charge in [0.15, 0.2) is 0 Å². The normalized spacial score (nSPS) is 12.8. The molecular formula is C19H18ClN3O. The van der Waals surface area contributed by atoms with Crippen molar-refractivity contribution in [3.05, 3.63) is 58.6 Å². The summed E-state index contributed by atoms with van der Waals surface area (Å²) in [7, 11) is 1.69. The number of anilines is 1. The van der Waals surface area contributed by atoms with Crippen LogP contribution >= 0.6 is 11.6 Å². The summed E-state index contributed by atoms with van der Waals surface area (Å²) in [6, 6.07) is 13.9. The number of rotatable bonds is 3. The van der Waals surface area contributed by atoms with Gasteiger partial charge < -0.3 is 10.1 Å². The summed E-state index contributed by atoms with van der Waals surface area (Å²) in [6.45, 7) is 2.98. The van der Waals surface area contributed by atoms with E-state index >= 15 is 0 Å². The second-order valence-electron chi connectivity index (χ2n) is 5.90. The van der Waals surface area contributed by atoms with Crippen molar-refractivity contribution in [2.45, 2.75) is 13.3 Å². The van der Waals surface area contributed by atoms with Crippen LogP contribution in [0.4, 0.5) is 5.82 Å². The van der Waals surface area contributed by atoms with Gasteiger partial charge in [-0.3, -0.25) is 0 Å². The lowest BCUT2D eigenvalue weighted by Gasteiger charge is -2.10. The number of hydrogen-bond acceptors (Lipinski definition) is 3. The van der Waals surface area contributed by atoms with Gasteiger partial charge in [-0.15, -0.1) is 0 Å². The maximum absolute atomic E-state index is 6.21. The number of hydrogen-bond donors (Lipinski definition) is 1. The van der Waals surface area contributed by atoms with Crippen molar-refractivity contribution in [2.75, 3.05) is 19.0 Å². The highest BCUT2D eigenvalue weighted by Gasteiger charge is 2.25. The Morgan fingerprint density at radius 1 is 1.21 bits per heavy atom. The van der Waals surface area contributed by atoms with Crippen LogP contribution < -0.4 is 10.1 Å². The molecule has 4 rings (SSSR count). The molecule has 122 valence electrons. The molecule has 4 nitrogen and oxygen atoms in total. The van der Waals surface area contributed by atoms with Crippen LogP contribution in [0.3, 0.4) is 0 Å². The largest absolute Gasteiger partial charge is 0.496 e. The van der Waals surface area contributed by atoms with E-state index < -0.39 is 0 Å². The molecule has 0 bridgehead atoms. The maximum Gasteiger partial charge on any atom is 0.133 e. The predicted molar refractivity (Wildman–Crippen MR) is 97.5 cm³/mol. The molecule has 0 amide bonds. The third-order valence-electron chi connectivity index (χ3n) is 4.41. The van der Waals surface area contributed by atoms with E-state index in [0.717, 1.165) is 47.0 Å². The Bertz CT molecular complexity index is 917. The number of aryl methyl sites for hydroxylation is 1. The van der Waals surface area contributed by atoms with E-state index in [9.17, 15) is 0 Å². The lowest BCUT2D eigenvalue weighted by molar-refractivity contribution is 0.416. The Hall–Kier alpha value is -2.46. The molecule has 1 N–H and O–H groups in total. The standard InChI is InChI=1S/C19H18ClN3O/c1-12-7-8-13(20)11-16(12)23-19-15(9-10-21-19)18(22-23)14-5-3-4-6-17(14)24-2/h3-8,11,21H,9-10H2,1-2H3. The number of aromatic nitrogens is 2. The van der Waals surface area contributed by atoms with E-state index in [1.165, 1.54) is 5.56 Å². The van der Waals surface area contributed by atoms with Gasteiger partial charge in [-0.25, -0.2) is 4.68 Å².